The molecule has 128 valence electrons. The lowest BCUT2D eigenvalue weighted by molar-refractivity contribution is 0.280. The molecule has 1 aliphatic heterocycles. The van der Waals surface area contributed by atoms with Crippen molar-refractivity contribution in [2.75, 3.05) is 18.4 Å². The lowest BCUT2D eigenvalue weighted by atomic mass is 10.2. The van der Waals surface area contributed by atoms with Crippen molar-refractivity contribution < 1.29 is 8.42 Å². The Bertz CT molecular complexity index is 936. The predicted octanol–water partition coefficient (Wildman–Crippen LogP) is 1.15. The molecule has 0 unspecified atom stereocenters. The number of nitrogens with one attached hydrogen (secondary N) is 1. The number of nitrogens with zero attached hydrogens (tertiary/aromatic N) is 5. The first-order valence-corrected chi connectivity index (χ1v) is 9.21. The van der Waals surface area contributed by atoms with E-state index >= 15 is 0 Å². The molecule has 0 atom stereocenters. The van der Waals surface area contributed by atoms with Crippen molar-refractivity contribution in [2.45, 2.75) is 10.9 Å². The third-order valence-electron chi connectivity index (χ3n) is 3.99. The molecular weight excluding hydrogens is 340 g/mol. The summed E-state index contributed by atoms with van der Waals surface area (Å²) in [6.07, 6.45) is 6.77. The zero-order chi connectivity index (χ0) is 17.3. The van der Waals surface area contributed by atoms with E-state index in [1.165, 1.54) is 4.31 Å². The summed E-state index contributed by atoms with van der Waals surface area (Å²) in [7, 11) is -3.49. The summed E-state index contributed by atoms with van der Waals surface area (Å²) in [4.78, 5) is 8.44. The van der Waals surface area contributed by atoms with Crippen LogP contribution in [0, 0.1) is 0 Å². The number of hydrogen-bond donors (Lipinski definition) is 1. The lowest BCUT2D eigenvalue weighted by Crippen LogP contribution is -2.56. The first kappa shape index (κ1) is 15.7. The van der Waals surface area contributed by atoms with Gasteiger partial charge in [-0.05, 0) is 36.4 Å². The maximum absolute atomic E-state index is 12.7. The third-order valence-corrected chi connectivity index (χ3v) is 5.84. The highest BCUT2D eigenvalue weighted by molar-refractivity contribution is 7.89. The Morgan fingerprint density at radius 2 is 1.72 bits per heavy atom. The SMILES string of the molecule is O=S(=O)(c1ccc(-n2cccn2)cc1)N1CC(Nc2ncccn2)C1. The van der Waals surface area contributed by atoms with E-state index in [0.29, 0.717) is 19.0 Å². The minimum Gasteiger partial charge on any atom is -0.349 e. The number of benzene rings is 1. The second kappa shape index (κ2) is 6.26. The highest BCUT2D eigenvalue weighted by atomic mass is 32.2. The van der Waals surface area contributed by atoms with Crippen LogP contribution in [0.1, 0.15) is 0 Å². The van der Waals surface area contributed by atoms with E-state index in [1.54, 1.807) is 59.8 Å². The molecule has 1 fully saturated rings. The van der Waals surface area contributed by atoms with Gasteiger partial charge in [-0.1, -0.05) is 0 Å². The second-order valence-corrected chi connectivity index (χ2v) is 7.62. The monoisotopic (exact) mass is 356 g/mol. The Labute approximate surface area is 145 Å². The largest absolute Gasteiger partial charge is 0.349 e. The van der Waals surface area contributed by atoms with Crippen LogP contribution in [0.3, 0.4) is 0 Å². The molecule has 1 N–H and O–H groups in total. The molecule has 1 saturated heterocycles. The molecule has 3 aromatic rings. The van der Waals surface area contributed by atoms with Gasteiger partial charge in [0.2, 0.25) is 16.0 Å². The van der Waals surface area contributed by atoms with E-state index in [4.69, 9.17) is 0 Å². The molecule has 2 aromatic heterocycles. The summed E-state index contributed by atoms with van der Waals surface area (Å²) in [5.41, 5.74) is 0.813. The van der Waals surface area contributed by atoms with Crippen molar-refractivity contribution in [1.29, 1.82) is 0 Å². The van der Waals surface area contributed by atoms with Crippen molar-refractivity contribution in [3.63, 3.8) is 0 Å². The molecule has 0 radical (unpaired) electrons. The van der Waals surface area contributed by atoms with Gasteiger partial charge in [0.15, 0.2) is 0 Å². The number of aromatic nitrogens is 4. The average Bonchev–Trinajstić information content (AvgIpc) is 3.13. The molecule has 1 aromatic carbocycles. The van der Waals surface area contributed by atoms with Crippen LogP contribution in [0.5, 0.6) is 0 Å². The van der Waals surface area contributed by atoms with Crippen LogP contribution < -0.4 is 5.32 Å². The van der Waals surface area contributed by atoms with Gasteiger partial charge < -0.3 is 5.32 Å². The van der Waals surface area contributed by atoms with Gasteiger partial charge in [0.1, 0.15) is 0 Å². The summed E-state index contributed by atoms with van der Waals surface area (Å²) < 4.78 is 28.4. The zero-order valence-electron chi connectivity index (χ0n) is 13.2. The molecule has 9 heteroatoms. The Morgan fingerprint density at radius 1 is 1.00 bits per heavy atom. The number of rotatable bonds is 5. The normalized spacial score (nSPS) is 15.7. The number of anilines is 1. The number of sulfonamides is 1. The molecule has 1 aliphatic rings. The predicted molar refractivity (Wildman–Crippen MR) is 91.8 cm³/mol. The van der Waals surface area contributed by atoms with Gasteiger partial charge in [-0.3, -0.25) is 0 Å². The lowest BCUT2D eigenvalue weighted by Gasteiger charge is -2.38. The Morgan fingerprint density at radius 3 is 2.36 bits per heavy atom. The fraction of sp³-hybridized carbons (Fsp3) is 0.188. The van der Waals surface area contributed by atoms with Crippen molar-refractivity contribution in [1.82, 2.24) is 24.1 Å². The van der Waals surface area contributed by atoms with Crippen LogP contribution in [0.2, 0.25) is 0 Å². The fourth-order valence-electron chi connectivity index (χ4n) is 2.62. The molecule has 0 amide bonds. The summed E-state index contributed by atoms with van der Waals surface area (Å²) in [5.74, 6) is 0.508. The van der Waals surface area contributed by atoms with E-state index in [1.807, 2.05) is 6.07 Å². The van der Waals surface area contributed by atoms with E-state index in [9.17, 15) is 8.42 Å². The van der Waals surface area contributed by atoms with Gasteiger partial charge in [-0.15, -0.1) is 0 Å². The van der Waals surface area contributed by atoms with E-state index in [2.05, 4.69) is 20.4 Å². The average molecular weight is 356 g/mol. The molecule has 0 aliphatic carbocycles. The highest BCUT2D eigenvalue weighted by Gasteiger charge is 2.37. The van der Waals surface area contributed by atoms with Crippen LogP contribution >= 0.6 is 0 Å². The molecule has 3 heterocycles. The molecule has 0 spiro atoms. The van der Waals surface area contributed by atoms with Crippen molar-refractivity contribution in [3.05, 3.63) is 61.2 Å². The van der Waals surface area contributed by atoms with Crippen molar-refractivity contribution >= 4 is 16.0 Å². The molecule has 0 bridgehead atoms. The van der Waals surface area contributed by atoms with Crippen LogP contribution in [0.4, 0.5) is 5.95 Å². The smallest absolute Gasteiger partial charge is 0.243 e. The van der Waals surface area contributed by atoms with Crippen LogP contribution in [0.15, 0.2) is 66.1 Å². The molecule has 4 rings (SSSR count). The molecular formula is C16H16N6O2S. The first-order valence-electron chi connectivity index (χ1n) is 7.77. The van der Waals surface area contributed by atoms with Gasteiger partial charge >= 0.3 is 0 Å². The molecule has 8 nitrogen and oxygen atoms in total. The maximum Gasteiger partial charge on any atom is 0.243 e. The quantitative estimate of drug-likeness (QED) is 0.737. The topological polar surface area (TPSA) is 93.0 Å². The van der Waals surface area contributed by atoms with Gasteiger partial charge in [-0.25, -0.2) is 23.1 Å². The molecule has 0 saturated carbocycles. The van der Waals surface area contributed by atoms with Crippen LogP contribution in [-0.2, 0) is 10.0 Å². The second-order valence-electron chi connectivity index (χ2n) is 5.68. The highest BCUT2D eigenvalue weighted by Crippen LogP contribution is 2.23. The summed E-state index contributed by atoms with van der Waals surface area (Å²) in [6, 6.07) is 10.3. The standard InChI is InChI=1S/C16H16N6O2S/c23-25(24,15-5-3-14(4-6-15)22-10-2-9-19-22)21-11-13(12-21)20-16-17-7-1-8-18-16/h1-10,13H,11-12H2,(H,17,18,20). The van der Waals surface area contributed by atoms with Crippen molar-refractivity contribution in [2.24, 2.45) is 0 Å². The van der Waals surface area contributed by atoms with Crippen LogP contribution in [-0.4, -0.2) is 51.6 Å². The van der Waals surface area contributed by atoms with E-state index in [0.717, 1.165) is 5.69 Å². The third kappa shape index (κ3) is 3.11. The Kier molecular flexibility index (Phi) is 3.94. The number of hydrogen-bond acceptors (Lipinski definition) is 6. The van der Waals surface area contributed by atoms with Gasteiger partial charge in [-0.2, -0.15) is 9.40 Å². The van der Waals surface area contributed by atoms with Gasteiger partial charge in [0.05, 0.1) is 16.6 Å². The van der Waals surface area contributed by atoms with Gasteiger partial charge in [0.25, 0.3) is 0 Å². The van der Waals surface area contributed by atoms with Crippen LogP contribution in [0.25, 0.3) is 5.69 Å². The van der Waals surface area contributed by atoms with E-state index in [-0.39, 0.29) is 10.9 Å². The summed E-state index contributed by atoms with van der Waals surface area (Å²) >= 11 is 0. The minimum absolute atomic E-state index is 0.0144. The zero-order valence-corrected chi connectivity index (χ0v) is 14.0. The van der Waals surface area contributed by atoms with Crippen molar-refractivity contribution in [3.8, 4) is 5.69 Å². The maximum atomic E-state index is 12.7. The fourth-order valence-corrected chi connectivity index (χ4v) is 4.15. The summed E-state index contributed by atoms with van der Waals surface area (Å²) in [5, 5.41) is 7.25. The Balaban J connectivity index is 1.42. The molecule has 25 heavy (non-hydrogen) atoms. The first-order chi connectivity index (χ1) is 12.1. The Hall–Kier alpha value is -2.78. The van der Waals surface area contributed by atoms with E-state index < -0.39 is 10.0 Å². The minimum atomic E-state index is -3.49. The van der Waals surface area contributed by atoms with Gasteiger partial charge in [0, 0.05) is 37.9 Å². The summed E-state index contributed by atoms with van der Waals surface area (Å²) in [6.45, 7) is 0.781.